The van der Waals surface area contributed by atoms with E-state index in [0.29, 0.717) is 5.82 Å². The van der Waals surface area contributed by atoms with Gasteiger partial charge in [0.15, 0.2) is 5.82 Å². The molecule has 0 saturated heterocycles. The highest BCUT2D eigenvalue weighted by molar-refractivity contribution is 6.09. The number of fused-ring (bicyclic) bond motifs is 3. The van der Waals surface area contributed by atoms with E-state index < -0.39 is 0 Å². The molecule has 258 valence electrons. The van der Waals surface area contributed by atoms with Gasteiger partial charge in [-0.15, -0.1) is 0 Å². The Balaban J connectivity index is 1.20. The molecule has 0 fully saturated rings. The number of hydrogen-bond donors (Lipinski definition) is 0. The van der Waals surface area contributed by atoms with Crippen LogP contribution in [0.5, 0.6) is 0 Å². The monoisotopic (exact) mass is 703 g/mol. The van der Waals surface area contributed by atoms with Crippen LogP contribution < -0.4 is 0 Å². The lowest BCUT2D eigenvalue weighted by atomic mass is 9.92. The van der Waals surface area contributed by atoms with Gasteiger partial charge in [0, 0.05) is 45.4 Å². The third kappa shape index (κ3) is 6.16. The highest BCUT2D eigenvalue weighted by Crippen LogP contribution is 2.40. The van der Waals surface area contributed by atoms with Crippen LogP contribution in [0.1, 0.15) is 0 Å². The standard InChI is InChI=1S/C51H33N3O/c1-3-12-34(13-4-1)35-22-24-36(25-23-35)39-30-40(43-19-11-20-46-45-18-9-10-21-49(45)55-50(43)46)32-41(31-39)47-33-48(54-51(53-47)38-14-5-2-6-15-38)44-17-8-7-16-42(44)37-26-28-52-29-27-37/h1-33H. The zero-order valence-corrected chi connectivity index (χ0v) is 29.8. The van der Waals surface area contributed by atoms with Crippen molar-refractivity contribution in [2.45, 2.75) is 0 Å². The molecule has 4 nitrogen and oxygen atoms in total. The fraction of sp³-hybridized carbons (Fsp3) is 0. The molecule has 10 rings (SSSR count). The Morgan fingerprint density at radius 3 is 1.67 bits per heavy atom. The molecule has 55 heavy (non-hydrogen) atoms. The molecule has 3 heterocycles. The zero-order chi connectivity index (χ0) is 36.6. The van der Waals surface area contributed by atoms with Crippen molar-refractivity contribution >= 4 is 21.9 Å². The Morgan fingerprint density at radius 2 is 0.891 bits per heavy atom. The second-order valence-corrected chi connectivity index (χ2v) is 13.6. The number of benzene rings is 7. The predicted octanol–water partition coefficient (Wildman–Crippen LogP) is 13.4. The Labute approximate surface area is 319 Å². The SMILES string of the molecule is c1ccc(-c2ccc(-c3cc(-c4cc(-c5ccccc5-c5ccncc5)nc(-c5ccccc5)n4)cc(-c4cccc5c4oc4ccccc45)c3)cc2)cc1. The molecule has 0 N–H and O–H groups in total. The van der Waals surface area contributed by atoms with Gasteiger partial charge in [0.05, 0.1) is 11.4 Å². The topological polar surface area (TPSA) is 51.8 Å². The van der Waals surface area contributed by atoms with Crippen LogP contribution in [0.15, 0.2) is 205 Å². The van der Waals surface area contributed by atoms with Crippen molar-refractivity contribution in [1.29, 1.82) is 0 Å². The Morgan fingerprint density at radius 1 is 0.327 bits per heavy atom. The summed E-state index contributed by atoms with van der Waals surface area (Å²) >= 11 is 0. The van der Waals surface area contributed by atoms with Crippen molar-refractivity contribution in [3.63, 3.8) is 0 Å². The van der Waals surface area contributed by atoms with Crippen LogP contribution in [-0.4, -0.2) is 15.0 Å². The molecule has 10 aromatic rings. The molecule has 0 atom stereocenters. The molecule has 3 aromatic heterocycles. The second-order valence-electron chi connectivity index (χ2n) is 13.6. The minimum atomic E-state index is 0.663. The summed E-state index contributed by atoms with van der Waals surface area (Å²) < 4.78 is 6.57. The molecule has 0 radical (unpaired) electrons. The molecule has 0 amide bonds. The summed E-state index contributed by atoms with van der Waals surface area (Å²) in [5, 5.41) is 2.20. The molecule has 0 bridgehead atoms. The van der Waals surface area contributed by atoms with Crippen LogP contribution in [-0.2, 0) is 0 Å². The maximum absolute atomic E-state index is 6.57. The van der Waals surface area contributed by atoms with Gasteiger partial charge < -0.3 is 4.42 Å². The molecule has 0 aliphatic heterocycles. The van der Waals surface area contributed by atoms with Crippen molar-refractivity contribution in [2.24, 2.45) is 0 Å². The molecule has 7 aromatic carbocycles. The highest BCUT2D eigenvalue weighted by atomic mass is 16.3. The van der Waals surface area contributed by atoms with Crippen molar-refractivity contribution < 1.29 is 4.42 Å². The zero-order valence-electron chi connectivity index (χ0n) is 29.8. The fourth-order valence-corrected chi connectivity index (χ4v) is 7.50. The van der Waals surface area contributed by atoms with E-state index in [0.717, 1.165) is 83.4 Å². The molecule has 0 unspecified atom stereocenters. The van der Waals surface area contributed by atoms with E-state index in [1.54, 1.807) is 0 Å². The second kappa shape index (κ2) is 13.8. The van der Waals surface area contributed by atoms with Gasteiger partial charge in [0.25, 0.3) is 0 Å². The third-order valence-corrected chi connectivity index (χ3v) is 10.2. The Hall–Kier alpha value is -7.43. The molecule has 0 spiro atoms. The van der Waals surface area contributed by atoms with Gasteiger partial charge in [-0.3, -0.25) is 4.98 Å². The van der Waals surface area contributed by atoms with Crippen molar-refractivity contribution in [3.05, 3.63) is 200 Å². The van der Waals surface area contributed by atoms with E-state index in [2.05, 4.69) is 145 Å². The maximum Gasteiger partial charge on any atom is 0.160 e. The van der Waals surface area contributed by atoms with Crippen LogP contribution in [0.4, 0.5) is 0 Å². The van der Waals surface area contributed by atoms with Gasteiger partial charge in [-0.05, 0) is 81.4 Å². The largest absolute Gasteiger partial charge is 0.455 e. The van der Waals surface area contributed by atoms with Crippen LogP contribution >= 0.6 is 0 Å². The van der Waals surface area contributed by atoms with E-state index in [1.165, 1.54) is 11.1 Å². The van der Waals surface area contributed by atoms with Crippen LogP contribution in [0.2, 0.25) is 0 Å². The van der Waals surface area contributed by atoms with Crippen molar-refractivity contribution in [2.75, 3.05) is 0 Å². The minimum absolute atomic E-state index is 0.663. The summed E-state index contributed by atoms with van der Waals surface area (Å²) in [4.78, 5) is 14.8. The average Bonchev–Trinajstić information content (AvgIpc) is 3.66. The Kier molecular flexibility index (Phi) is 8.12. The highest BCUT2D eigenvalue weighted by Gasteiger charge is 2.18. The third-order valence-electron chi connectivity index (χ3n) is 10.2. The number of aromatic nitrogens is 3. The van der Waals surface area contributed by atoms with E-state index >= 15 is 0 Å². The molecule has 4 heteroatoms. The summed E-state index contributed by atoms with van der Waals surface area (Å²) in [6, 6.07) is 65.5. The lowest BCUT2D eigenvalue weighted by molar-refractivity contribution is 0.670. The summed E-state index contributed by atoms with van der Waals surface area (Å²) in [5.41, 5.74) is 15.2. The van der Waals surface area contributed by atoms with Gasteiger partial charge in [-0.25, -0.2) is 9.97 Å². The van der Waals surface area contributed by atoms with Crippen LogP contribution in [0.3, 0.4) is 0 Å². The summed E-state index contributed by atoms with van der Waals surface area (Å²) in [6.45, 7) is 0. The summed E-state index contributed by atoms with van der Waals surface area (Å²) in [7, 11) is 0. The summed E-state index contributed by atoms with van der Waals surface area (Å²) in [5.74, 6) is 0.663. The molecular weight excluding hydrogens is 671 g/mol. The first-order valence-corrected chi connectivity index (χ1v) is 18.4. The van der Waals surface area contributed by atoms with Gasteiger partial charge in [-0.1, -0.05) is 146 Å². The van der Waals surface area contributed by atoms with Gasteiger partial charge in [0.2, 0.25) is 0 Å². The van der Waals surface area contributed by atoms with E-state index in [-0.39, 0.29) is 0 Å². The molecular formula is C51H33N3O. The van der Waals surface area contributed by atoms with E-state index in [1.807, 2.05) is 60.9 Å². The Bertz CT molecular complexity index is 2950. The summed E-state index contributed by atoms with van der Waals surface area (Å²) in [6.07, 6.45) is 3.66. The fourth-order valence-electron chi connectivity index (χ4n) is 7.50. The number of furan rings is 1. The number of hydrogen-bond acceptors (Lipinski definition) is 4. The van der Waals surface area contributed by atoms with E-state index in [4.69, 9.17) is 14.4 Å². The van der Waals surface area contributed by atoms with Crippen LogP contribution in [0.25, 0.3) is 100 Å². The number of para-hydroxylation sites is 2. The van der Waals surface area contributed by atoms with Crippen molar-refractivity contribution in [3.8, 4) is 78.4 Å². The van der Waals surface area contributed by atoms with Crippen molar-refractivity contribution in [1.82, 2.24) is 15.0 Å². The number of rotatable bonds is 7. The van der Waals surface area contributed by atoms with Gasteiger partial charge >= 0.3 is 0 Å². The van der Waals surface area contributed by atoms with Gasteiger partial charge in [-0.2, -0.15) is 0 Å². The molecule has 0 aliphatic rings. The molecule has 0 saturated carbocycles. The minimum Gasteiger partial charge on any atom is -0.455 e. The quantitative estimate of drug-likeness (QED) is 0.166. The first kappa shape index (κ1) is 32.2. The predicted molar refractivity (Wildman–Crippen MR) is 225 cm³/mol. The average molecular weight is 704 g/mol. The maximum atomic E-state index is 6.57. The van der Waals surface area contributed by atoms with E-state index in [9.17, 15) is 0 Å². The smallest absolute Gasteiger partial charge is 0.160 e. The lowest BCUT2D eigenvalue weighted by Crippen LogP contribution is -1.97. The number of pyridine rings is 1. The lowest BCUT2D eigenvalue weighted by Gasteiger charge is -2.15. The first-order chi connectivity index (χ1) is 27.2. The molecule has 0 aliphatic carbocycles. The van der Waals surface area contributed by atoms with Crippen LogP contribution in [0, 0.1) is 0 Å². The van der Waals surface area contributed by atoms with Gasteiger partial charge in [0.1, 0.15) is 11.2 Å². The first-order valence-electron chi connectivity index (χ1n) is 18.4. The number of nitrogens with zero attached hydrogens (tertiary/aromatic N) is 3. The normalized spacial score (nSPS) is 11.3.